The lowest BCUT2D eigenvalue weighted by molar-refractivity contribution is 1.19. The predicted octanol–water partition coefficient (Wildman–Crippen LogP) is 19.1. The fraction of sp³-hybridized carbons (Fsp3) is 0. The molecular formula is C66H42N2S. The molecule has 0 fully saturated rings. The molecule has 0 unspecified atom stereocenters. The maximum atomic E-state index is 2.45. The molecule has 14 rings (SSSR count). The fourth-order valence-electron chi connectivity index (χ4n) is 10.9. The average molecular weight is 895 g/mol. The Labute approximate surface area is 403 Å². The van der Waals surface area contributed by atoms with E-state index >= 15 is 0 Å². The molecule has 14 aromatic rings. The third-order valence-corrected chi connectivity index (χ3v) is 15.3. The van der Waals surface area contributed by atoms with Crippen LogP contribution in [-0.2, 0) is 0 Å². The normalized spacial score (nSPS) is 11.8. The highest BCUT2D eigenvalue weighted by molar-refractivity contribution is 7.25. The second-order valence-corrected chi connectivity index (χ2v) is 19.1. The molecule has 0 aliphatic carbocycles. The molecule has 0 spiro atoms. The van der Waals surface area contributed by atoms with Gasteiger partial charge < -0.3 is 9.47 Å². The zero-order chi connectivity index (χ0) is 45.4. The molecule has 0 N–H and O–H groups in total. The number of benzene rings is 12. The number of para-hydroxylation sites is 1. The van der Waals surface area contributed by atoms with Gasteiger partial charge in [-0.25, -0.2) is 0 Å². The number of nitrogens with zero attached hydrogens (tertiary/aromatic N) is 2. The topological polar surface area (TPSA) is 8.17 Å². The predicted molar refractivity (Wildman–Crippen MR) is 297 cm³/mol. The minimum atomic E-state index is 1.09. The van der Waals surface area contributed by atoms with E-state index in [0.29, 0.717) is 0 Å². The van der Waals surface area contributed by atoms with Gasteiger partial charge in [-0.05, 0) is 133 Å². The van der Waals surface area contributed by atoms with Crippen LogP contribution in [0.4, 0.5) is 17.1 Å². The maximum absolute atomic E-state index is 2.45. The molecule has 0 saturated carbocycles. The second kappa shape index (κ2) is 16.0. The van der Waals surface area contributed by atoms with Crippen molar-refractivity contribution in [2.24, 2.45) is 0 Å². The van der Waals surface area contributed by atoms with Gasteiger partial charge in [0.05, 0.1) is 11.0 Å². The summed E-state index contributed by atoms with van der Waals surface area (Å²) in [6, 6.07) is 93.7. The van der Waals surface area contributed by atoms with Crippen LogP contribution in [0.3, 0.4) is 0 Å². The highest BCUT2D eigenvalue weighted by Gasteiger charge is 2.19. The van der Waals surface area contributed by atoms with Crippen LogP contribution in [-0.4, -0.2) is 4.57 Å². The maximum Gasteiger partial charge on any atom is 0.0619 e. The zero-order valence-electron chi connectivity index (χ0n) is 37.6. The van der Waals surface area contributed by atoms with E-state index in [1.165, 1.54) is 108 Å². The highest BCUT2D eigenvalue weighted by Crippen LogP contribution is 2.44. The van der Waals surface area contributed by atoms with E-state index in [9.17, 15) is 0 Å². The van der Waals surface area contributed by atoms with Crippen LogP contribution in [0.1, 0.15) is 0 Å². The summed E-state index contributed by atoms with van der Waals surface area (Å²) in [6.07, 6.45) is 0. The molecule has 2 nitrogen and oxygen atoms in total. The van der Waals surface area contributed by atoms with Gasteiger partial charge in [-0.3, -0.25) is 0 Å². The molecule has 0 aliphatic heterocycles. The summed E-state index contributed by atoms with van der Waals surface area (Å²) in [4.78, 5) is 2.39. The number of hydrogen-bond acceptors (Lipinski definition) is 2. The Morgan fingerprint density at radius 1 is 0.304 bits per heavy atom. The van der Waals surface area contributed by atoms with E-state index in [1.807, 2.05) is 11.3 Å². The Balaban J connectivity index is 0.886. The van der Waals surface area contributed by atoms with Crippen LogP contribution in [0.2, 0.25) is 0 Å². The highest BCUT2D eigenvalue weighted by atomic mass is 32.1. The lowest BCUT2D eigenvalue weighted by atomic mass is 9.93. The summed E-state index contributed by atoms with van der Waals surface area (Å²) >= 11 is 1.86. The minimum Gasteiger partial charge on any atom is -0.311 e. The van der Waals surface area contributed by atoms with Gasteiger partial charge in [0.1, 0.15) is 0 Å². The Morgan fingerprint density at radius 3 is 1.59 bits per heavy atom. The number of rotatable bonds is 7. The molecule has 2 aromatic heterocycles. The van der Waals surface area contributed by atoms with Gasteiger partial charge in [0, 0.05) is 59.1 Å². The summed E-state index contributed by atoms with van der Waals surface area (Å²) in [6.45, 7) is 0. The van der Waals surface area contributed by atoms with E-state index in [2.05, 4.69) is 264 Å². The molecular weight excluding hydrogens is 853 g/mol. The van der Waals surface area contributed by atoms with E-state index < -0.39 is 0 Å². The molecule has 2 heterocycles. The van der Waals surface area contributed by atoms with Crippen LogP contribution in [0, 0.1) is 0 Å². The molecule has 0 atom stereocenters. The molecule has 322 valence electrons. The van der Waals surface area contributed by atoms with Crippen molar-refractivity contribution in [1.29, 1.82) is 0 Å². The largest absolute Gasteiger partial charge is 0.311 e. The first-order valence-electron chi connectivity index (χ1n) is 23.7. The Bertz CT molecular complexity index is 4280. The SMILES string of the molecule is c1ccc(-n2c3cc(-c4ccc(N(c5ccc(-c6cc7ccccc7c7ccccc67)cc5)c5ccc(-c6cccc7sc8ccccc8c67)cc5)cc4)ccc3c3ccc4ccccc4c32)cc1. The number of thiophene rings is 1. The van der Waals surface area contributed by atoms with Crippen molar-refractivity contribution in [3.63, 3.8) is 0 Å². The van der Waals surface area contributed by atoms with Crippen LogP contribution >= 0.6 is 11.3 Å². The summed E-state index contributed by atoms with van der Waals surface area (Å²) in [5.41, 5.74) is 14.1. The number of hydrogen-bond donors (Lipinski definition) is 0. The smallest absolute Gasteiger partial charge is 0.0619 e. The van der Waals surface area contributed by atoms with Gasteiger partial charge in [0.2, 0.25) is 0 Å². The molecule has 0 aliphatic rings. The number of fused-ring (bicyclic) bond motifs is 11. The van der Waals surface area contributed by atoms with Gasteiger partial charge >= 0.3 is 0 Å². The van der Waals surface area contributed by atoms with Crippen LogP contribution in [0.5, 0.6) is 0 Å². The van der Waals surface area contributed by atoms with Crippen LogP contribution in [0.15, 0.2) is 255 Å². The molecule has 12 aromatic carbocycles. The second-order valence-electron chi connectivity index (χ2n) is 18.0. The van der Waals surface area contributed by atoms with Gasteiger partial charge in [-0.15, -0.1) is 11.3 Å². The van der Waals surface area contributed by atoms with E-state index in [1.54, 1.807) is 0 Å². The van der Waals surface area contributed by atoms with Gasteiger partial charge in [0.15, 0.2) is 0 Å². The van der Waals surface area contributed by atoms with Crippen LogP contribution < -0.4 is 4.90 Å². The summed E-state index contributed by atoms with van der Waals surface area (Å²) in [7, 11) is 0. The first-order chi connectivity index (χ1) is 34.2. The minimum absolute atomic E-state index is 1.09. The van der Waals surface area contributed by atoms with Crippen molar-refractivity contribution in [2.75, 3.05) is 4.90 Å². The van der Waals surface area contributed by atoms with Crippen molar-refractivity contribution < 1.29 is 0 Å². The van der Waals surface area contributed by atoms with Crippen LogP contribution in [0.25, 0.3) is 113 Å². The van der Waals surface area contributed by atoms with Crippen molar-refractivity contribution in [3.05, 3.63) is 255 Å². The van der Waals surface area contributed by atoms with Crippen molar-refractivity contribution in [1.82, 2.24) is 4.57 Å². The molecule has 0 radical (unpaired) electrons. The zero-order valence-corrected chi connectivity index (χ0v) is 38.4. The molecule has 0 saturated heterocycles. The van der Waals surface area contributed by atoms with Crippen molar-refractivity contribution >= 4 is 103 Å². The summed E-state index contributed by atoms with van der Waals surface area (Å²) < 4.78 is 5.08. The third kappa shape index (κ3) is 6.47. The Morgan fingerprint density at radius 2 is 0.855 bits per heavy atom. The number of aromatic nitrogens is 1. The third-order valence-electron chi connectivity index (χ3n) is 14.2. The molecule has 3 heteroatoms. The van der Waals surface area contributed by atoms with E-state index in [0.717, 1.165) is 22.7 Å². The average Bonchev–Trinajstić information content (AvgIpc) is 3.98. The van der Waals surface area contributed by atoms with Gasteiger partial charge in [-0.1, -0.05) is 182 Å². The van der Waals surface area contributed by atoms with Crippen molar-refractivity contribution in [3.8, 4) is 39.1 Å². The first-order valence-corrected chi connectivity index (χ1v) is 24.5. The Kier molecular flexibility index (Phi) is 9.11. The van der Waals surface area contributed by atoms with Gasteiger partial charge in [-0.2, -0.15) is 0 Å². The van der Waals surface area contributed by atoms with E-state index in [-0.39, 0.29) is 0 Å². The Hall–Kier alpha value is -8.76. The summed E-state index contributed by atoms with van der Waals surface area (Å²) in [5, 5.41) is 12.7. The fourth-order valence-corrected chi connectivity index (χ4v) is 12.1. The lowest BCUT2D eigenvalue weighted by Gasteiger charge is -2.26. The standard InChI is InChI=1S/C66H42N2S/c1-2-15-49(16-3-1)68-62-42-47(32-39-58(62)59-40-31-44-13-4-7-18-55(44)66(59)68)43-25-33-50(34-26-43)67(51-35-27-45(28-36-51)54-22-12-24-64-65(54)60-21-10-11-23-63(60)69-64)52-37-29-46(30-38-52)61-41-48-14-5-6-17-53(48)56-19-8-9-20-57(56)61/h1-42H. The van der Waals surface area contributed by atoms with E-state index in [4.69, 9.17) is 0 Å². The monoisotopic (exact) mass is 894 g/mol. The summed E-state index contributed by atoms with van der Waals surface area (Å²) in [5.74, 6) is 0. The molecule has 0 amide bonds. The van der Waals surface area contributed by atoms with Crippen molar-refractivity contribution in [2.45, 2.75) is 0 Å². The number of anilines is 3. The van der Waals surface area contributed by atoms with Gasteiger partial charge in [0.25, 0.3) is 0 Å². The lowest BCUT2D eigenvalue weighted by Crippen LogP contribution is -2.09. The first kappa shape index (κ1) is 39.4. The molecule has 0 bridgehead atoms. The quantitative estimate of drug-likeness (QED) is 0.145. The molecule has 69 heavy (non-hydrogen) atoms.